The Labute approximate surface area is 93.1 Å². The van der Waals surface area contributed by atoms with Crippen LogP contribution in [0.5, 0.6) is 0 Å². The highest BCUT2D eigenvalue weighted by Crippen LogP contribution is 1.99. The number of carbonyl (C=O) groups is 1. The van der Waals surface area contributed by atoms with E-state index >= 15 is 0 Å². The van der Waals surface area contributed by atoms with Gasteiger partial charge in [-0.15, -0.1) is 0 Å². The summed E-state index contributed by atoms with van der Waals surface area (Å²) in [5.74, 6) is -0.239. The summed E-state index contributed by atoms with van der Waals surface area (Å²) in [5.41, 5.74) is 0.680. The molecule has 0 heterocycles. The average molecular weight is 213 g/mol. The van der Waals surface area contributed by atoms with E-state index in [1.54, 1.807) is 6.92 Å². The van der Waals surface area contributed by atoms with E-state index in [4.69, 9.17) is 0 Å². The molecule has 0 fully saturated rings. The van der Waals surface area contributed by atoms with Crippen molar-refractivity contribution in [2.45, 2.75) is 33.1 Å². The van der Waals surface area contributed by atoms with Gasteiger partial charge in [0, 0.05) is 12.1 Å². The van der Waals surface area contributed by atoms with Gasteiger partial charge in [-0.05, 0) is 26.9 Å². The van der Waals surface area contributed by atoms with Crippen molar-refractivity contribution in [3.63, 3.8) is 0 Å². The predicted molar refractivity (Wildman–Crippen MR) is 62.8 cm³/mol. The highest BCUT2D eigenvalue weighted by Gasteiger charge is 2.02. The monoisotopic (exact) mass is 213 g/mol. The Hall–Kier alpha value is -0.830. The number of hydrogen-bond donors (Lipinski definition) is 0. The average Bonchev–Trinajstić information content (AvgIpc) is 2.25. The van der Waals surface area contributed by atoms with E-state index < -0.39 is 0 Å². The van der Waals surface area contributed by atoms with Crippen LogP contribution in [0.4, 0.5) is 0 Å². The molecule has 3 nitrogen and oxygen atoms in total. The number of esters is 1. The topological polar surface area (TPSA) is 29.5 Å². The van der Waals surface area contributed by atoms with Gasteiger partial charge < -0.3 is 9.64 Å². The fraction of sp³-hybridized carbons (Fsp3) is 0.750. The Balaban J connectivity index is 3.77. The van der Waals surface area contributed by atoms with Gasteiger partial charge in [-0.1, -0.05) is 25.8 Å². The smallest absolute Gasteiger partial charge is 0.333 e. The van der Waals surface area contributed by atoms with Gasteiger partial charge in [0.05, 0.1) is 7.11 Å². The largest absolute Gasteiger partial charge is 0.466 e. The lowest BCUT2D eigenvalue weighted by Gasteiger charge is -2.14. The summed E-state index contributed by atoms with van der Waals surface area (Å²) in [6.07, 6.45) is 5.64. The van der Waals surface area contributed by atoms with E-state index in [2.05, 4.69) is 23.6 Å². The third kappa shape index (κ3) is 7.14. The molecule has 0 N–H and O–H groups in total. The van der Waals surface area contributed by atoms with Gasteiger partial charge in [-0.3, -0.25) is 0 Å². The second-order valence-corrected chi connectivity index (χ2v) is 3.85. The Kier molecular flexibility index (Phi) is 8.01. The first-order valence-corrected chi connectivity index (χ1v) is 5.55. The summed E-state index contributed by atoms with van der Waals surface area (Å²) < 4.78 is 4.62. The molecule has 0 radical (unpaired) electrons. The zero-order chi connectivity index (χ0) is 11.7. The number of unbranched alkanes of at least 4 members (excludes halogenated alkanes) is 2. The minimum absolute atomic E-state index is 0.239. The first-order valence-electron chi connectivity index (χ1n) is 5.55. The molecule has 15 heavy (non-hydrogen) atoms. The third-order valence-corrected chi connectivity index (χ3v) is 2.36. The fourth-order valence-corrected chi connectivity index (χ4v) is 1.26. The molecule has 0 atom stereocenters. The molecule has 0 spiro atoms. The zero-order valence-corrected chi connectivity index (χ0v) is 10.4. The molecular weight excluding hydrogens is 190 g/mol. The van der Waals surface area contributed by atoms with Crippen molar-refractivity contribution in [3.8, 4) is 0 Å². The van der Waals surface area contributed by atoms with Crippen molar-refractivity contribution >= 4 is 5.97 Å². The van der Waals surface area contributed by atoms with E-state index in [-0.39, 0.29) is 5.97 Å². The molecule has 3 heteroatoms. The molecule has 0 saturated carbocycles. The number of likely N-dealkylation sites (N-methyl/N-ethyl adjacent to an activating group) is 1. The summed E-state index contributed by atoms with van der Waals surface area (Å²) in [7, 11) is 3.47. The van der Waals surface area contributed by atoms with Crippen LogP contribution in [0.2, 0.25) is 0 Å². The highest BCUT2D eigenvalue weighted by molar-refractivity contribution is 5.87. The maximum absolute atomic E-state index is 11.1. The van der Waals surface area contributed by atoms with Crippen molar-refractivity contribution in [2.24, 2.45) is 0 Å². The van der Waals surface area contributed by atoms with Crippen molar-refractivity contribution < 1.29 is 9.53 Å². The quantitative estimate of drug-likeness (QED) is 0.369. The molecule has 0 aliphatic heterocycles. The molecule has 0 bridgehead atoms. The molecule has 88 valence electrons. The van der Waals surface area contributed by atoms with Crippen LogP contribution in [0, 0.1) is 0 Å². The van der Waals surface area contributed by atoms with E-state index in [0.29, 0.717) is 5.57 Å². The van der Waals surface area contributed by atoms with E-state index in [0.717, 1.165) is 13.1 Å². The summed E-state index contributed by atoms with van der Waals surface area (Å²) in [6.45, 7) is 5.87. The number of nitrogens with zero attached hydrogens (tertiary/aromatic N) is 1. The maximum atomic E-state index is 11.1. The summed E-state index contributed by atoms with van der Waals surface area (Å²) in [6, 6.07) is 0. The molecule has 0 aromatic carbocycles. The van der Waals surface area contributed by atoms with Gasteiger partial charge in [0.1, 0.15) is 0 Å². The predicted octanol–water partition coefficient (Wildman–Crippen LogP) is 2.23. The summed E-state index contributed by atoms with van der Waals surface area (Å²) in [5, 5.41) is 0. The molecule has 0 aliphatic rings. The van der Waals surface area contributed by atoms with Crippen LogP contribution in [0.15, 0.2) is 11.6 Å². The number of ether oxygens (including phenoxy) is 1. The van der Waals surface area contributed by atoms with Crippen molar-refractivity contribution in [1.82, 2.24) is 4.90 Å². The van der Waals surface area contributed by atoms with Crippen LogP contribution in [0.3, 0.4) is 0 Å². The minimum Gasteiger partial charge on any atom is -0.466 e. The lowest BCUT2D eigenvalue weighted by Crippen LogP contribution is -2.20. The van der Waals surface area contributed by atoms with Crippen LogP contribution >= 0.6 is 0 Å². The van der Waals surface area contributed by atoms with E-state index in [9.17, 15) is 4.79 Å². The number of methoxy groups -OCH3 is 1. The van der Waals surface area contributed by atoms with Crippen LogP contribution < -0.4 is 0 Å². The second kappa shape index (κ2) is 8.48. The molecule has 0 amide bonds. The molecule has 0 aliphatic carbocycles. The van der Waals surface area contributed by atoms with E-state index in [1.165, 1.54) is 26.4 Å². The maximum Gasteiger partial charge on any atom is 0.333 e. The summed E-state index contributed by atoms with van der Waals surface area (Å²) >= 11 is 0. The lowest BCUT2D eigenvalue weighted by molar-refractivity contribution is -0.136. The van der Waals surface area contributed by atoms with Gasteiger partial charge in [0.25, 0.3) is 0 Å². The second-order valence-electron chi connectivity index (χ2n) is 3.85. The van der Waals surface area contributed by atoms with Crippen molar-refractivity contribution in [1.29, 1.82) is 0 Å². The first-order chi connectivity index (χ1) is 7.11. The van der Waals surface area contributed by atoms with Crippen LogP contribution in [0.25, 0.3) is 0 Å². The van der Waals surface area contributed by atoms with Crippen LogP contribution in [-0.4, -0.2) is 38.1 Å². The third-order valence-electron chi connectivity index (χ3n) is 2.36. The highest BCUT2D eigenvalue weighted by atomic mass is 16.5. The van der Waals surface area contributed by atoms with Crippen molar-refractivity contribution in [2.75, 3.05) is 27.2 Å². The summed E-state index contributed by atoms with van der Waals surface area (Å²) in [4.78, 5) is 13.3. The SMILES string of the molecule is CCCCCN(C)CC=C(C)C(=O)OC. The number of carbonyl (C=O) groups excluding carboxylic acids is 1. The van der Waals surface area contributed by atoms with Gasteiger partial charge in [0.15, 0.2) is 0 Å². The standard InChI is InChI=1S/C12H23NO2/c1-5-6-7-9-13(3)10-8-11(2)12(14)15-4/h8H,5-7,9-10H2,1-4H3. The molecule has 0 aromatic rings. The van der Waals surface area contributed by atoms with Gasteiger partial charge in [-0.2, -0.15) is 0 Å². The Bertz CT molecular complexity index is 212. The van der Waals surface area contributed by atoms with Crippen LogP contribution in [-0.2, 0) is 9.53 Å². The Morgan fingerprint density at radius 2 is 2.07 bits per heavy atom. The van der Waals surface area contributed by atoms with Gasteiger partial charge in [-0.25, -0.2) is 4.79 Å². The first kappa shape index (κ1) is 14.2. The Morgan fingerprint density at radius 1 is 1.40 bits per heavy atom. The molecule has 0 rings (SSSR count). The normalized spacial score (nSPS) is 11.9. The molecular formula is C12H23NO2. The van der Waals surface area contributed by atoms with Gasteiger partial charge in [0.2, 0.25) is 0 Å². The Morgan fingerprint density at radius 3 is 2.60 bits per heavy atom. The molecule has 0 saturated heterocycles. The lowest BCUT2D eigenvalue weighted by atomic mass is 10.2. The van der Waals surface area contributed by atoms with Crippen LogP contribution in [0.1, 0.15) is 33.1 Å². The van der Waals surface area contributed by atoms with E-state index in [1.807, 2.05) is 6.08 Å². The molecule has 0 aromatic heterocycles. The minimum atomic E-state index is -0.239. The van der Waals surface area contributed by atoms with Gasteiger partial charge >= 0.3 is 5.97 Å². The van der Waals surface area contributed by atoms with Crippen molar-refractivity contribution in [3.05, 3.63) is 11.6 Å². The number of hydrogen-bond acceptors (Lipinski definition) is 3. The zero-order valence-electron chi connectivity index (χ0n) is 10.4. The fourth-order valence-electron chi connectivity index (χ4n) is 1.26. The number of rotatable bonds is 7. The molecule has 0 unspecified atom stereocenters.